The summed E-state index contributed by atoms with van der Waals surface area (Å²) in [6, 6.07) is 8.19. The van der Waals surface area contributed by atoms with Crippen LogP contribution in [-0.4, -0.2) is 60.1 Å². The van der Waals surface area contributed by atoms with Crippen molar-refractivity contribution in [2.75, 3.05) is 43.9 Å². The highest BCUT2D eigenvalue weighted by Crippen LogP contribution is 2.28. The third kappa shape index (κ3) is 8.16. The first-order valence-electron chi connectivity index (χ1n) is 11.7. The van der Waals surface area contributed by atoms with Gasteiger partial charge in [0.15, 0.2) is 0 Å². The van der Waals surface area contributed by atoms with Crippen molar-refractivity contribution >= 4 is 39.3 Å². The SMILES string of the molecule is CC(C)NCCOc1ccc(Nc2ncc(Br)c(NCCCN(C)C(=O)C3CCC3)n2)cc1. The summed E-state index contributed by atoms with van der Waals surface area (Å²) in [5.74, 6) is 2.58. The Morgan fingerprint density at radius 2 is 2.00 bits per heavy atom. The number of nitrogens with one attached hydrogen (secondary N) is 3. The molecule has 1 fully saturated rings. The Bertz CT molecular complexity index is 889. The summed E-state index contributed by atoms with van der Waals surface area (Å²) in [5.41, 5.74) is 0.882. The predicted molar refractivity (Wildman–Crippen MR) is 136 cm³/mol. The van der Waals surface area contributed by atoms with Crippen LogP contribution >= 0.6 is 15.9 Å². The van der Waals surface area contributed by atoms with Gasteiger partial charge in [-0.25, -0.2) is 4.98 Å². The average Bonchev–Trinajstić information content (AvgIpc) is 2.76. The summed E-state index contributed by atoms with van der Waals surface area (Å²) in [6.45, 7) is 7.12. The number of halogens is 1. The van der Waals surface area contributed by atoms with Gasteiger partial charge in [-0.15, -0.1) is 0 Å². The zero-order valence-electron chi connectivity index (χ0n) is 19.7. The molecule has 2 aromatic rings. The highest BCUT2D eigenvalue weighted by atomic mass is 79.9. The molecule has 1 aliphatic rings. The van der Waals surface area contributed by atoms with Crippen LogP contribution in [0.3, 0.4) is 0 Å². The van der Waals surface area contributed by atoms with Crippen LogP contribution in [0.4, 0.5) is 17.5 Å². The van der Waals surface area contributed by atoms with E-state index in [1.54, 1.807) is 6.20 Å². The zero-order valence-corrected chi connectivity index (χ0v) is 21.3. The van der Waals surface area contributed by atoms with Gasteiger partial charge in [0.2, 0.25) is 11.9 Å². The Balaban J connectivity index is 1.44. The number of ether oxygens (including phenoxy) is 1. The summed E-state index contributed by atoms with van der Waals surface area (Å²) in [6.07, 6.45) is 5.83. The van der Waals surface area contributed by atoms with E-state index in [-0.39, 0.29) is 11.8 Å². The third-order valence-electron chi connectivity index (χ3n) is 5.57. The standard InChI is InChI=1S/C24H35BrN6O2/c1-17(2)26-13-15-33-20-10-8-19(9-11-20)29-24-28-16-21(25)22(30-24)27-12-5-14-31(3)23(32)18-6-4-7-18/h8-11,16-18,26H,4-7,12-15H2,1-3H3,(H2,27,28,29,30). The van der Waals surface area contributed by atoms with Gasteiger partial charge in [0, 0.05) is 50.5 Å². The fourth-order valence-corrected chi connectivity index (χ4v) is 3.76. The number of carbonyl (C=O) groups is 1. The fraction of sp³-hybridized carbons (Fsp3) is 0.542. The number of aromatic nitrogens is 2. The molecule has 0 atom stereocenters. The molecule has 1 heterocycles. The summed E-state index contributed by atoms with van der Waals surface area (Å²) in [4.78, 5) is 23.0. The van der Waals surface area contributed by atoms with Crippen LogP contribution in [0.2, 0.25) is 0 Å². The van der Waals surface area contributed by atoms with E-state index < -0.39 is 0 Å². The van der Waals surface area contributed by atoms with E-state index >= 15 is 0 Å². The number of nitrogens with zero attached hydrogens (tertiary/aromatic N) is 3. The minimum absolute atomic E-state index is 0.245. The molecule has 1 aromatic carbocycles. The minimum atomic E-state index is 0.245. The monoisotopic (exact) mass is 518 g/mol. The Morgan fingerprint density at radius 3 is 2.67 bits per heavy atom. The number of carbonyl (C=O) groups excluding carboxylic acids is 1. The molecule has 9 heteroatoms. The van der Waals surface area contributed by atoms with Crippen molar-refractivity contribution in [3.63, 3.8) is 0 Å². The molecule has 0 saturated heterocycles. The number of hydrogen-bond donors (Lipinski definition) is 3. The van der Waals surface area contributed by atoms with E-state index in [4.69, 9.17) is 4.74 Å². The Morgan fingerprint density at radius 1 is 1.24 bits per heavy atom. The molecule has 1 aliphatic carbocycles. The molecule has 0 aliphatic heterocycles. The second kappa shape index (κ2) is 12.7. The molecular formula is C24H35BrN6O2. The van der Waals surface area contributed by atoms with E-state index in [1.807, 2.05) is 36.2 Å². The molecule has 8 nitrogen and oxygen atoms in total. The maximum Gasteiger partial charge on any atom is 0.229 e. The van der Waals surface area contributed by atoms with Gasteiger partial charge in [0.1, 0.15) is 18.2 Å². The fourth-order valence-electron chi connectivity index (χ4n) is 3.43. The van der Waals surface area contributed by atoms with Gasteiger partial charge in [-0.3, -0.25) is 4.79 Å². The van der Waals surface area contributed by atoms with Crippen LogP contribution in [0.15, 0.2) is 34.9 Å². The molecule has 0 radical (unpaired) electrons. The Kier molecular flexibility index (Phi) is 9.75. The molecule has 0 unspecified atom stereocenters. The van der Waals surface area contributed by atoms with Gasteiger partial charge >= 0.3 is 0 Å². The lowest BCUT2D eigenvalue weighted by molar-refractivity contribution is -0.136. The summed E-state index contributed by atoms with van der Waals surface area (Å²) >= 11 is 3.50. The van der Waals surface area contributed by atoms with Crippen LogP contribution in [0.1, 0.15) is 39.5 Å². The predicted octanol–water partition coefficient (Wildman–Crippen LogP) is 4.42. The van der Waals surface area contributed by atoms with Crippen molar-refractivity contribution in [2.45, 2.75) is 45.6 Å². The first kappa shape index (κ1) is 25.2. The van der Waals surface area contributed by atoms with E-state index in [9.17, 15) is 4.79 Å². The Hall–Kier alpha value is -2.39. The van der Waals surface area contributed by atoms with Gasteiger partial charge < -0.3 is 25.6 Å². The van der Waals surface area contributed by atoms with Crippen LogP contribution in [-0.2, 0) is 4.79 Å². The molecule has 180 valence electrons. The molecule has 1 saturated carbocycles. The molecule has 1 amide bonds. The second-order valence-electron chi connectivity index (χ2n) is 8.66. The van der Waals surface area contributed by atoms with Crippen molar-refractivity contribution in [2.24, 2.45) is 5.92 Å². The molecule has 3 rings (SSSR count). The van der Waals surface area contributed by atoms with E-state index in [2.05, 4.69) is 55.7 Å². The van der Waals surface area contributed by atoms with Gasteiger partial charge in [-0.1, -0.05) is 20.3 Å². The average molecular weight is 519 g/mol. The summed E-state index contributed by atoms with van der Waals surface area (Å²) in [7, 11) is 1.89. The van der Waals surface area contributed by atoms with Crippen LogP contribution in [0, 0.1) is 5.92 Å². The number of rotatable bonds is 13. The maximum absolute atomic E-state index is 12.2. The van der Waals surface area contributed by atoms with E-state index in [0.717, 1.165) is 60.6 Å². The quantitative estimate of drug-likeness (QED) is 0.338. The van der Waals surface area contributed by atoms with Crippen LogP contribution in [0.25, 0.3) is 0 Å². The first-order valence-corrected chi connectivity index (χ1v) is 12.5. The molecule has 0 spiro atoms. The van der Waals surface area contributed by atoms with Gasteiger partial charge in [-0.2, -0.15) is 4.98 Å². The van der Waals surface area contributed by atoms with Gasteiger partial charge in [0.25, 0.3) is 0 Å². The first-order chi connectivity index (χ1) is 15.9. The van der Waals surface area contributed by atoms with E-state index in [0.29, 0.717) is 18.6 Å². The van der Waals surface area contributed by atoms with Crippen molar-refractivity contribution in [3.8, 4) is 5.75 Å². The molecule has 3 N–H and O–H groups in total. The third-order valence-corrected chi connectivity index (χ3v) is 6.15. The largest absolute Gasteiger partial charge is 0.492 e. The van der Waals surface area contributed by atoms with Crippen molar-refractivity contribution in [1.82, 2.24) is 20.2 Å². The Labute approximate surface area is 205 Å². The van der Waals surface area contributed by atoms with Crippen LogP contribution in [0.5, 0.6) is 5.75 Å². The zero-order chi connectivity index (χ0) is 23.6. The topological polar surface area (TPSA) is 91.4 Å². The van der Waals surface area contributed by atoms with E-state index in [1.165, 1.54) is 6.42 Å². The molecule has 1 aromatic heterocycles. The van der Waals surface area contributed by atoms with Gasteiger partial charge in [-0.05, 0) is 59.5 Å². The summed E-state index contributed by atoms with van der Waals surface area (Å²) in [5, 5.41) is 9.89. The molecular weight excluding hydrogens is 484 g/mol. The minimum Gasteiger partial charge on any atom is -0.492 e. The van der Waals surface area contributed by atoms with Crippen molar-refractivity contribution in [1.29, 1.82) is 0 Å². The summed E-state index contributed by atoms with van der Waals surface area (Å²) < 4.78 is 6.54. The van der Waals surface area contributed by atoms with Crippen molar-refractivity contribution in [3.05, 3.63) is 34.9 Å². The number of amides is 1. The highest BCUT2D eigenvalue weighted by Gasteiger charge is 2.27. The van der Waals surface area contributed by atoms with Crippen LogP contribution < -0.4 is 20.7 Å². The second-order valence-corrected chi connectivity index (χ2v) is 9.52. The number of anilines is 3. The number of hydrogen-bond acceptors (Lipinski definition) is 7. The molecule has 33 heavy (non-hydrogen) atoms. The smallest absolute Gasteiger partial charge is 0.229 e. The van der Waals surface area contributed by atoms with Crippen molar-refractivity contribution < 1.29 is 9.53 Å². The number of benzene rings is 1. The lowest BCUT2D eigenvalue weighted by atomic mass is 9.84. The molecule has 0 bridgehead atoms. The maximum atomic E-state index is 12.2. The normalized spacial score (nSPS) is 13.5. The van der Waals surface area contributed by atoms with Gasteiger partial charge in [0.05, 0.1) is 4.47 Å². The highest BCUT2D eigenvalue weighted by molar-refractivity contribution is 9.10. The lowest BCUT2D eigenvalue weighted by Gasteiger charge is -2.29. The lowest BCUT2D eigenvalue weighted by Crippen LogP contribution is -2.37.